The van der Waals surface area contributed by atoms with E-state index in [2.05, 4.69) is 0 Å². The Kier molecular flexibility index (Phi) is 3.59. The highest BCUT2D eigenvalue weighted by Crippen LogP contribution is 2.25. The van der Waals surface area contributed by atoms with Gasteiger partial charge in [-0.1, -0.05) is 23.7 Å². The van der Waals surface area contributed by atoms with Crippen LogP contribution in [0.5, 0.6) is 0 Å². The van der Waals surface area contributed by atoms with Crippen LogP contribution < -0.4 is 5.73 Å². The molecule has 1 atom stereocenters. The first-order valence-electron chi connectivity index (χ1n) is 5.14. The largest absolute Gasteiger partial charge is 0.320 e. The minimum atomic E-state index is -0.976. The SMILES string of the molecule is NC(c1ccc(F)c(F)c1)c1ccc(F)c(Cl)c1. The highest BCUT2D eigenvalue weighted by Gasteiger charge is 2.13. The van der Waals surface area contributed by atoms with Crippen LogP contribution in [0.15, 0.2) is 36.4 Å². The zero-order valence-corrected chi connectivity index (χ0v) is 9.89. The summed E-state index contributed by atoms with van der Waals surface area (Å²) in [6.07, 6.45) is 0. The van der Waals surface area contributed by atoms with Gasteiger partial charge in [-0.25, -0.2) is 13.2 Å². The quantitative estimate of drug-likeness (QED) is 0.883. The highest BCUT2D eigenvalue weighted by molar-refractivity contribution is 6.30. The van der Waals surface area contributed by atoms with Gasteiger partial charge in [-0.15, -0.1) is 0 Å². The fraction of sp³-hybridized carbons (Fsp3) is 0.0769. The van der Waals surface area contributed by atoms with Gasteiger partial charge in [0.25, 0.3) is 0 Å². The molecule has 0 aromatic heterocycles. The molecular weight excluding hydrogens is 263 g/mol. The molecule has 2 rings (SSSR count). The van der Waals surface area contributed by atoms with E-state index in [0.717, 1.165) is 12.1 Å². The molecule has 2 N–H and O–H groups in total. The van der Waals surface area contributed by atoms with E-state index in [0.29, 0.717) is 11.1 Å². The number of nitrogens with two attached hydrogens (primary N) is 1. The summed E-state index contributed by atoms with van der Waals surface area (Å²) >= 11 is 5.64. The molecule has 1 nitrogen and oxygen atoms in total. The fourth-order valence-electron chi connectivity index (χ4n) is 1.60. The zero-order valence-electron chi connectivity index (χ0n) is 9.13. The van der Waals surface area contributed by atoms with Crippen molar-refractivity contribution >= 4 is 11.6 Å². The molecule has 1 unspecified atom stereocenters. The summed E-state index contributed by atoms with van der Waals surface area (Å²) in [5.41, 5.74) is 6.79. The van der Waals surface area contributed by atoms with Crippen molar-refractivity contribution in [3.8, 4) is 0 Å². The Balaban J connectivity index is 2.37. The van der Waals surface area contributed by atoms with E-state index >= 15 is 0 Å². The molecule has 0 spiro atoms. The summed E-state index contributed by atoms with van der Waals surface area (Å²) < 4.78 is 38.9. The van der Waals surface area contributed by atoms with Crippen LogP contribution in [0.2, 0.25) is 5.02 Å². The van der Waals surface area contributed by atoms with Crippen molar-refractivity contribution < 1.29 is 13.2 Å². The van der Waals surface area contributed by atoms with Crippen LogP contribution in [0, 0.1) is 17.5 Å². The molecule has 18 heavy (non-hydrogen) atoms. The lowest BCUT2D eigenvalue weighted by Crippen LogP contribution is -2.12. The van der Waals surface area contributed by atoms with E-state index in [1.165, 1.54) is 24.3 Å². The molecule has 0 aliphatic rings. The molecule has 0 amide bonds. The number of benzene rings is 2. The predicted molar refractivity (Wildman–Crippen MR) is 63.8 cm³/mol. The van der Waals surface area contributed by atoms with Crippen molar-refractivity contribution in [2.24, 2.45) is 5.73 Å². The van der Waals surface area contributed by atoms with E-state index in [1.54, 1.807) is 0 Å². The maximum atomic E-state index is 13.1. The van der Waals surface area contributed by atoms with Crippen LogP contribution in [0.25, 0.3) is 0 Å². The topological polar surface area (TPSA) is 26.0 Å². The molecule has 2 aromatic rings. The van der Waals surface area contributed by atoms with Gasteiger partial charge in [-0.3, -0.25) is 0 Å². The molecule has 0 saturated carbocycles. The minimum Gasteiger partial charge on any atom is -0.320 e. The van der Waals surface area contributed by atoms with E-state index in [4.69, 9.17) is 17.3 Å². The Bertz CT molecular complexity index is 535. The lowest BCUT2D eigenvalue weighted by Gasteiger charge is -2.13. The first kappa shape index (κ1) is 12.9. The predicted octanol–water partition coefficient (Wildman–Crippen LogP) is 3.81. The average molecular weight is 272 g/mol. The van der Waals surface area contributed by atoms with Crippen molar-refractivity contribution in [2.75, 3.05) is 0 Å². The van der Waals surface area contributed by atoms with Crippen LogP contribution >= 0.6 is 11.6 Å². The smallest absolute Gasteiger partial charge is 0.159 e. The lowest BCUT2D eigenvalue weighted by atomic mass is 9.99. The second-order valence-electron chi connectivity index (χ2n) is 3.82. The van der Waals surface area contributed by atoms with E-state index in [9.17, 15) is 13.2 Å². The molecule has 0 radical (unpaired) electrons. The lowest BCUT2D eigenvalue weighted by molar-refractivity contribution is 0.506. The molecule has 2 aromatic carbocycles. The second kappa shape index (κ2) is 5.00. The summed E-state index contributed by atoms with van der Waals surface area (Å²) in [6.45, 7) is 0. The number of hydrogen-bond donors (Lipinski definition) is 1. The Labute approximate surface area is 107 Å². The van der Waals surface area contributed by atoms with Gasteiger partial charge in [0.1, 0.15) is 5.82 Å². The summed E-state index contributed by atoms with van der Waals surface area (Å²) in [5, 5.41) is -0.0643. The maximum Gasteiger partial charge on any atom is 0.159 e. The normalized spacial score (nSPS) is 12.5. The minimum absolute atomic E-state index is 0.0643. The monoisotopic (exact) mass is 271 g/mol. The van der Waals surface area contributed by atoms with Crippen molar-refractivity contribution in [3.63, 3.8) is 0 Å². The Morgan fingerprint density at radius 3 is 1.94 bits per heavy atom. The number of rotatable bonds is 2. The van der Waals surface area contributed by atoms with Crippen molar-refractivity contribution in [2.45, 2.75) is 6.04 Å². The average Bonchev–Trinajstić information content (AvgIpc) is 2.35. The van der Waals surface area contributed by atoms with Crippen molar-refractivity contribution in [1.29, 1.82) is 0 Å². The number of halogens is 4. The van der Waals surface area contributed by atoms with Crippen LogP contribution in [-0.4, -0.2) is 0 Å². The molecule has 0 saturated heterocycles. The van der Waals surface area contributed by atoms with Crippen LogP contribution in [0.1, 0.15) is 17.2 Å². The van der Waals surface area contributed by atoms with Crippen LogP contribution in [-0.2, 0) is 0 Å². The van der Waals surface area contributed by atoms with Gasteiger partial charge in [0, 0.05) is 0 Å². The van der Waals surface area contributed by atoms with Gasteiger partial charge in [0.15, 0.2) is 11.6 Å². The van der Waals surface area contributed by atoms with Gasteiger partial charge < -0.3 is 5.73 Å². The van der Waals surface area contributed by atoms with Crippen molar-refractivity contribution in [3.05, 3.63) is 70.0 Å². The molecule has 0 aliphatic heterocycles. The van der Waals surface area contributed by atoms with Crippen molar-refractivity contribution in [1.82, 2.24) is 0 Å². The third kappa shape index (κ3) is 2.49. The summed E-state index contributed by atoms with van der Waals surface area (Å²) in [6, 6.07) is 6.68. The standard InChI is InChI=1S/C13H9ClF3N/c14-9-5-7(1-3-10(9)15)13(18)8-2-4-11(16)12(17)6-8/h1-6,13H,18H2. The Hall–Kier alpha value is -1.52. The van der Waals surface area contributed by atoms with Gasteiger partial charge in [-0.05, 0) is 35.4 Å². The molecule has 0 fully saturated rings. The molecule has 0 bridgehead atoms. The maximum absolute atomic E-state index is 13.1. The highest BCUT2D eigenvalue weighted by atomic mass is 35.5. The van der Waals surface area contributed by atoms with E-state index in [-0.39, 0.29) is 5.02 Å². The summed E-state index contributed by atoms with van der Waals surface area (Å²) in [7, 11) is 0. The van der Waals surface area contributed by atoms with E-state index < -0.39 is 23.5 Å². The fourth-order valence-corrected chi connectivity index (χ4v) is 1.79. The second-order valence-corrected chi connectivity index (χ2v) is 4.23. The first-order valence-corrected chi connectivity index (χ1v) is 5.52. The molecule has 5 heteroatoms. The van der Waals surface area contributed by atoms with Crippen LogP contribution in [0.4, 0.5) is 13.2 Å². The summed E-state index contributed by atoms with van der Waals surface area (Å²) in [4.78, 5) is 0. The Morgan fingerprint density at radius 2 is 1.39 bits per heavy atom. The van der Waals surface area contributed by atoms with Gasteiger partial charge >= 0.3 is 0 Å². The van der Waals surface area contributed by atoms with E-state index in [1.807, 2.05) is 0 Å². The van der Waals surface area contributed by atoms with Gasteiger partial charge in [0.05, 0.1) is 11.1 Å². The molecule has 0 aliphatic carbocycles. The third-order valence-electron chi connectivity index (χ3n) is 2.61. The van der Waals surface area contributed by atoms with Crippen LogP contribution in [0.3, 0.4) is 0 Å². The summed E-state index contributed by atoms with van der Waals surface area (Å²) in [5.74, 6) is -2.47. The third-order valence-corrected chi connectivity index (χ3v) is 2.90. The molecule has 94 valence electrons. The zero-order chi connectivity index (χ0) is 13.3. The number of hydrogen-bond acceptors (Lipinski definition) is 1. The molecular formula is C13H9ClF3N. The first-order chi connectivity index (χ1) is 8.49. The van der Waals surface area contributed by atoms with Gasteiger partial charge in [-0.2, -0.15) is 0 Å². The Morgan fingerprint density at radius 1 is 0.833 bits per heavy atom. The molecule has 0 heterocycles. The van der Waals surface area contributed by atoms with Gasteiger partial charge in [0.2, 0.25) is 0 Å².